The van der Waals surface area contributed by atoms with E-state index in [-0.39, 0.29) is 11.4 Å². The molecule has 4 N–H and O–H groups in total. The highest BCUT2D eigenvalue weighted by atomic mass is 19.1. The zero-order valence-corrected chi connectivity index (χ0v) is 13.4. The van der Waals surface area contributed by atoms with E-state index in [2.05, 4.69) is 5.32 Å². The first-order valence-corrected chi connectivity index (χ1v) is 6.93. The molecule has 7 nitrogen and oxygen atoms in total. The quantitative estimate of drug-likeness (QED) is 0.714. The van der Waals surface area contributed by atoms with Crippen molar-refractivity contribution in [3.05, 3.63) is 24.0 Å². The number of alkyl carbamates (subject to hydrolysis) is 1. The highest BCUT2D eigenvalue weighted by Gasteiger charge is 2.30. The topological polar surface area (TPSA) is 111 Å². The molecule has 1 amide bonds. The highest BCUT2D eigenvalue weighted by molar-refractivity contribution is 5.80. The lowest BCUT2D eigenvalue weighted by molar-refractivity contribution is -0.141. The van der Waals surface area contributed by atoms with E-state index in [1.807, 2.05) is 0 Å². The smallest absolute Gasteiger partial charge is 0.408 e. The van der Waals surface area contributed by atoms with Gasteiger partial charge in [-0.25, -0.2) is 14.0 Å². The van der Waals surface area contributed by atoms with E-state index < -0.39 is 35.6 Å². The van der Waals surface area contributed by atoms with Crippen LogP contribution in [0.25, 0.3) is 0 Å². The highest BCUT2D eigenvalue weighted by Crippen LogP contribution is 2.24. The predicted octanol–water partition coefficient (Wildman–Crippen LogP) is 2.15. The number of carbonyl (C=O) groups excluding carboxylic acids is 1. The summed E-state index contributed by atoms with van der Waals surface area (Å²) in [7, 11) is 0. The summed E-state index contributed by atoms with van der Waals surface area (Å²) in [6.45, 7) is 6.36. The van der Waals surface area contributed by atoms with E-state index in [1.165, 1.54) is 13.0 Å². The maximum Gasteiger partial charge on any atom is 0.408 e. The third-order valence-corrected chi connectivity index (χ3v) is 2.70. The molecule has 0 aliphatic carbocycles. The Labute approximate surface area is 133 Å². The summed E-state index contributed by atoms with van der Waals surface area (Å²) < 4.78 is 23.6. The maximum atomic E-state index is 13.2. The summed E-state index contributed by atoms with van der Waals surface area (Å²) in [5, 5.41) is 11.4. The molecule has 0 spiro atoms. The third-order valence-electron chi connectivity index (χ3n) is 2.70. The number of anilines is 1. The Bertz CT molecular complexity index is 586. The summed E-state index contributed by atoms with van der Waals surface area (Å²) in [6, 6.07) is 2.10. The number of carbonyl (C=O) groups is 2. The van der Waals surface area contributed by atoms with Crippen LogP contribution in [0, 0.1) is 5.82 Å². The molecule has 8 heteroatoms. The lowest BCUT2D eigenvalue weighted by Crippen LogP contribution is -2.51. The maximum absolute atomic E-state index is 13.2. The van der Waals surface area contributed by atoms with E-state index in [9.17, 15) is 19.1 Å². The fourth-order valence-electron chi connectivity index (χ4n) is 1.69. The Morgan fingerprint density at radius 2 is 1.96 bits per heavy atom. The molecule has 0 radical (unpaired) electrons. The summed E-state index contributed by atoms with van der Waals surface area (Å²) in [5.74, 6) is -1.90. The second-order valence-electron chi connectivity index (χ2n) is 5.97. The number of carboxylic acids is 1. The number of nitrogens with one attached hydrogen (secondary N) is 1. The second kappa shape index (κ2) is 7.17. The molecule has 1 aromatic rings. The van der Waals surface area contributed by atoms with Crippen LogP contribution < -0.4 is 15.8 Å². The summed E-state index contributed by atoms with van der Waals surface area (Å²) in [5.41, 5.74) is 5.03. The average Bonchev–Trinajstić information content (AvgIpc) is 2.37. The molecule has 1 aromatic carbocycles. The van der Waals surface area contributed by atoms with E-state index >= 15 is 0 Å². The molecular weight excluding hydrogens is 307 g/mol. The van der Waals surface area contributed by atoms with Crippen LogP contribution in [0.2, 0.25) is 0 Å². The van der Waals surface area contributed by atoms with Crippen LogP contribution in [0.3, 0.4) is 0 Å². The Morgan fingerprint density at radius 1 is 1.35 bits per heavy atom. The number of hydrogen-bond donors (Lipinski definition) is 3. The molecule has 0 saturated heterocycles. The van der Waals surface area contributed by atoms with Crippen LogP contribution in [-0.2, 0) is 9.53 Å². The number of hydrogen-bond acceptors (Lipinski definition) is 5. The van der Waals surface area contributed by atoms with Crippen molar-refractivity contribution in [3.63, 3.8) is 0 Å². The van der Waals surface area contributed by atoms with Gasteiger partial charge in [-0.2, -0.15) is 0 Å². The first-order valence-electron chi connectivity index (χ1n) is 6.93. The molecule has 0 heterocycles. The van der Waals surface area contributed by atoms with Gasteiger partial charge in [0, 0.05) is 6.07 Å². The Balaban J connectivity index is 2.82. The molecule has 23 heavy (non-hydrogen) atoms. The molecule has 1 unspecified atom stereocenters. The van der Waals surface area contributed by atoms with Gasteiger partial charge in [-0.15, -0.1) is 0 Å². The van der Waals surface area contributed by atoms with Crippen LogP contribution in [-0.4, -0.2) is 34.9 Å². The standard InChI is InChI=1S/C15H21FN2O5/c1-8(22-11-7-9(16)5-6-10(11)17)12(13(19)20)18-14(21)23-15(2,3)4/h5-8,12H,17H2,1-4H3,(H,18,21)(H,19,20)/t8?,12-/m1/s1. The monoisotopic (exact) mass is 328 g/mol. The Morgan fingerprint density at radius 3 is 2.48 bits per heavy atom. The van der Waals surface area contributed by atoms with Crippen molar-refractivity contribution in [1.82, 2.24) is 5.32 Å². The van der Waals surface area contributed by atoms with Gasteiger partial charge >= 0.3 is 12.1 Å². The molecule has 128 valence electrons. The SMILES string of the molecule is CC(Oc1cc(F)ccc1N)[C@@H](NC(=O)OC(C)(C)C)C(=O)O. The molecule has 1 rings (SSSR count). The molecule has 0 aliphatic rings. The lowest BCUT2D eigenvalue weighted by atomic mass is 10.1. The number of benzene rings is 1. The van der Waals surface area contributed by atoms with Crippen LogP contribution in [0.5, 0.6) is 5.75 Å². The molecule has 0 aromatic heterocycles. The first kappa shape index (κ1) is 18.5. The number of nitrogen functional groups attached to an aromatic ring is 1. The summed E-state index contributed by atoms with van der Waals surface area (Å²) in [6.07, 6.45) is -1.91. The van der Waals surface area contributed by atoms with Crippen LogP contribution in [0.1, 0.15) is 27.7 Å². The van der Waals surface area contributed by atoms with Gasteiger partial charge in [-0.05, 0) is 39.8 Å². The number of amides is 1. The molecule has 0 fully saturated rings. The number of ether oxygens (including phenoxy) is 2. The number of nitrogens with two attached hydrogens (primary N) is 1. The molecule has 2 atom stereocenters. The van der Waals surface area contributed by atoms with Crippen molar-refractivity contribution in [3.8, 4) is 5.75 Å². The number of halogens is 1. The minimum absolute atomic E-state index is 0.00487. The minimum Gasteiger partial charge on any atom is -0.486 e. The van der Waals surface area contributed by atoms with Gasteiger partial charge in [-0.3, -0.25) is 0 Å². The first-order chi connectivity index (χ1) is 10.5. The molecular formula is C15H21FN2O5. The Hall–Kier alpha value is -2.51. The average molecular weight is 328 g/mol. The fraction of sp³-hybridized carbons (Fsp3) is 0.467. The van der Waals surface area contributed by atoms with Gasteiger partial charge in [0.25, 0.3) is 0 Å². The molecule has 0 bridgehead atoms. The fourth-order valence-corrected chi connectivity index (χ4v) is 1.69. The van der Waals surface area contributed by atoms with Gasteiger partial charge in [-0.1, -0.05) is 0 Å². The number of aliphatic carboxylic acids is 1. The van der Waals surface area contributed by atoms with Crippen molar-refractivity contribution in [2.75, 3.05) is 5.73 Å². The zero-order valence-electron chi connectivity index (χ0n) is 13.4. The van der Waals surface area contributed by atoms with Crippen LogP contribution in [0.15, 0.2) is 18.2 Å². The third kappa shape index (κ3) is 6.01. The molecule has 0 saturated carbocycles. The number of rotatable bonds is 5. The van der Waals surface area contributed by atoms with E-state index in [0.717, 1.165) is 12.1 Å². The Kier molecular flexibility index (Phi) is 5.78. The normalized spacial score (nSPS) is 13.8. The number of carboxylic acid groups (broad SMARTS) is 1. The largest absolute Gasteiger partial charge is 0.486 e. The van der Waals surface area contributed by atoms with E-state index in [1.54, 1.807) is 20.8 Å². The van der Waals surface area contributed by atoms with Crippen molar-refractivity contribution < 1.29 is 28.6 Å². The second-order valence-corrected chi connectivity index (χ2v) is 5.97. The zero-order chi connectivity index (χ0) is 17.8. The summed E-state index contributed by atoms with van der Waals surface area (Å²) in [4.78, 5) is 23.0. The minimum atomic E-state index is -1.40. The van der Waals surface area contributed by atoms with Crippen molar-refractivity contribution in [1.29, 1.82) is 0 Å². The van der Waals surface area contributed by atoms with Crippen LogP contribution >= 0.6 is 0 Å². The van der Waals surface area contributed by atoms with Gasteiger partial charge < -0.3 is 25.6 Å². The molecule has 0 aliphatic heterocycles. The van der Waals surface area contributed by atoms with Gasteiger partial charge in [0.2, 0.25) is 0 Å². The van der Waals surface area contributed by atoms with Crippen molar-refractivity contribution in [2.24, 2.45) is 0 Å². The predicted molar refractivity (Wildman–Crippen MR) is 81.7 cm³/mol. The van der Waals surface area contributed by atoms with Gasteiger partial charge in [0.15, 0.2) is 6.04 Å². The van der Waals surface area contributed by atoms with E-state index in [0.29, 0.717) is 0 Å². The van der Waals surface area contributed by atoms with Crippen LogP contribution in [0.4, 0.5) is 14.9 Å². The van der Waals surface area contributed by atoms with Gasteiger partial charge in [0.1, 0.15) is 23.3 Å². The van der Waals surface area contributed by atoms with Gasteiger partial charge in [0.05, 0.1) is 5.69 Å². The van der Waals surface area contributed by atoms with Crippen molar-refractivity contribution >= 4 is 17.7 Å². The summed E-state index contributed by atoms with van der Waals surface area (Å²) >= 11 is 0. The van der Waals surface area contributed by atoms with Crippen molar-refractivity contribution in [2.45, 2.75) is 45.4 Å². The van der Waals surface area contributed by atoms with E-state index in [4.69, 9.17) is 15.2 Å². The lowest BCUT2D eigenvalue weighted by Gasteiger charge is -2.25.